The lowest BCUT2D eigenvalue weighted by atomic mass is 9.75. The van der Waals surface area contributed by atoms with E-state index in [-0.39, 0.29) is 5.97 Å². The van der Waals surface area contributed by atoms with Crippen molar-refractivity contribution in [3.63, 3.8) is 0 Å². The molecule has 2 heterocycles. The minimum absolute atomic E-state index is 0.213. The van der Waals surface area contributed by atoms with Crippen LogP contribution in [0.3, 0.4) is 0 Å². The Kier molecular flexibility index (Phi) is 4.34. The smallest absolute Gasteiger partial charge is 0.341 e. The molecule has 3 aliphatic rings. The minimum atomic E-state index is -0.806. The van der Waals surface area contributed by atoms with Gasteiger partial charge in [-0.3, -0.25) is 0 Å². The number of ether oxygens (including phenoxy) is 4. The Morgan fingerprint density at radius 2 is 1.76 bits per heavy atom. The van der Waals surface area contributed by atoms with Crippen LogP contribution in [0.2, 0.25) is 0 Å². The first kappa shape index (κ1) is 17.0. The number of epoxide rings is 1. The third-order valence-electron chi connectivity index (χ3n) is 5.91. The molecular weight excluding hydrogens is 320 g/mol. The first-order valence-corrected chi connectivity index (χ1v) is 9.33. The molecule has 3 fully saturated rings. The highest BCUT2D eigenvalue weighted by Crippen LogP contribution is 2.61. The zero-order valence-electron chi connectivity index (χ0n) is 14.8. The van der Waals surface area contributed by atoms with E-state index in [0.717, 1.165) is 32.1 Å². The average Bonchev–Trinajstić information content (AvgIpc) is 3.04. The fraction of sp³-hybridized carbons (Fsp3) is 0.650. The SMILES string of the molecule is CCOC(=O)C1(CCc2ccccc2)OC12CCC1(CC2)OCCO1. The van der Waals surface area contributed by atoms with Gasteiger partial charge in [0, 0.05) is 12.8 Å². The molecule has 0 bridgehead atoms. The molecule has 0 N–H and O–H groups in total. The zero-order valence-corrected chi connectivity index (χ0v) is 14.8. The summed E-state index contributed by atoms with van der Waals surface area (Å²) < 4.78 is 23.2. The number of hydrogen-bond acceptors (Lipinski definition) is 5. The van der Waals surface area contributed by atoms with Gasteiger partial charge >= 0.3 is 5.97 Å². The lowest BCUT2D eigenvalue weighted by Gasteiger charge is -2.35. The van der Waals surface area contributed by atoms with Gasteiger partial charge < -0.3 is 18.9 Å². The Bertz CT molecular complexity index is 612. The molecule has 136 valence electrons. The third kappa shape index (κ3) is 2.88. The Balaban J connectivity index is 1.48. The number of esters is 1. The van der Waals surface area contributed by atoms with E-state index < -0.39 is 17.0 Å². The molecule has 0 aromatic heterocycles. The van der Waals surface area contributed by atoms with Gasteiger partial charge in [-0.05, 0) is 38.2 Å². The lowest BCUT2D eigenvalue weighted by molar-refractivity contribution is -0.184. The summed E-state index contributed by atoms with van der Waals surface area (Å²) in [6.07, 6.45) is 4.57. The Labute approximate surface area is 148 Å². The molecule has 2 saturated heterocycles. The van der Waals surface area contributed by atoms with Crippen LogP contribution in [-0.2, 0) is 30.2 Å². The molecule has 0 amide bonds. The summed E-state index contributed by atoms with van der Waals surface area (Å²) in [7, 11) is 0. The molecule has 25 heavy (non-hydrogen) atoms. The lowest BCUT2D eigenvalue weighted by Crippen LogP contribution is -2.44. The summed E-state index contributed by atoms with van der Waals surface area (Å²) in [4.78, 5) is 12.7. The normalized spacial score (nSPS) is 29.0. The van der Waals surface area contributed by atoms with E-state index in [0.29, 0.717) is 26.2 Å². The third-order valence-corrected chi connectivity index (χ3v) is 5.91. The minimum Gasteiger partial charge on any atom is -0.464 e. The molecule has 1 saturated carbocycles. The van der Waals surface area contributed by atoms with Crippen molar-refractivity contribution in [1.82, 2.24) is 0 Å². The van der Waals surface area contributed by atoms with Crippen molar-refractivity contribution in [2.24, 2.45) is 0 Å². The summed E-state index contributed by atoms with van der Waals surface area (Å²) in [6, 6.07) is 10.2. The molecule has 2 spiro atoms. The van der Waals surface area contributed by atoms with Crippen molar-refractivity contribution in [2.45, 2.75) is 62.4 Å². The van der Waals surface area contributed by atoms with Gasteiger partial charge in [0.25, 0.3) is 0 Å². The summed E-state index contributed by atoms with van der Waals surface area (Å²) in [5.41, 5.74) is -0.000214. The fourth-order valence-electron chi connectivity index (χ4n) is 4.46. The fourth-order valence-corrected chi connectivity index (χ4v) is 4.46. The van der Waals surface area contributed by atoms with Crippen molar-refractivity contribution in [3.8, 4) is 0 Å². The molecule has 1 aromatic rings. The van der Waals surface area contributed by atoms with Crippen LogP contribution in [0.1, 0.15) is 44.6 Å². The van der Waals surface area contributed by atoms with Crippen molar-refractivity contribution in [1.29, 1.82) is 0 Å². The number of carbonyl (C=O) groups excluding carboxylic acids is 1. The summed E-state index contributed by atoms with van der Waals surface area (Å²) >= 11 is 0. The Hall–Kier alpha value is -1.43. The Morgan fingerprint density at radius 3 is 2.40 bits per heavy atom. The molecule has 5 nitrogen and oxygen atoms in total. The first-order chi connectivity index (χ1) is 12.1. The van der Waals surface area contributed by atoms with Gasteiger partial charge in [0.15, 0.2) is 11.4 Å². The Morgan fingerprint density at radius 1 is 1.08 bits per heavy atom. The van der Waals surface area contributed by atoms with Gasteiger partial charge in [0.2, 0.25) is 0 Å². The molecule has 1 unspecified atom stereocenters. The van der Waals surface area contributed by atoms with Gasteiger partial charge in [0.05, 0.1) is 19.8 Å². The topological polar surface area (TPSA) is 57.3 Å². The first-order valence-electron chi connectivity index (χ1n) is 9.33. The monoisotopic (exact) mass is 346 g/mol. The van der Waals surface area contributed by atoms with E-state index in [1.165, 1.54) is 5.56 Å². The molecule has 1 aromatic carbocycles. The quantitative estimate of drug-likeness (QED) is 0.606. The largest absolute Gasteiger partial charge is 0.464 e. The molecule has 5 heteroatoms. The molecule has 2 aliphatic heterocycles. The summed E-state index contributed by atoms with van der Waals surface area (Å²) in [5, 5.41) is 0. The maximum atomic E-state index is 12.7. The standard InChI is InChI=1S/C20H26O5/c1-2-22-17(21)20(9-8-16-6-4-3-5-7-16)18(25-20)10-12-19(13-11-18)23-14-15-24-19/h3-7H,2,8-15H2,1H3. The molecule has 1 aliphatic carbocycles. The molecular formula is C20H26O5. The van der Waals surface area contributed by atoms with E-state index in [1.54, 1.807) is 0 Å². The molecule has 4 rings (SSSR count). The van der Waals surface area contributed by atoms with Crippen LogP contribution < -0.4 is 0 Å². The van der Waals surface area contributed by atoms with Crippen LogP contribution in [0, 0.1) is 0 Å². The van der Waals surface area contributed by atoms with E-state index in [2.05, 4.69) is 12.1 Å². The van der Waals surface area contributed by atoms with E-state index >= 15 is 0 Å². The van der Waals surface area contributed by atoms with Gasteiger partial charge in [-0.2, -0.15) is 0 Å². The van der Waals surface area contributed by atoms with E-state index in [1.807, 2.05) is 25.1 Å². The number of rotatable bonds is 5. The maximum Gasteiger partial charge on any atom is 0.341 e. The van der Waals surface area contributed by atoms with E-state index in [9.17, 15) is 4.79 Å². The van der Waals surface area contributed by atoms with Crippen molar-refractivity contribution in [3.05, 3.63) is 35.9 Å². The van der Waals surface area contributed by atoms with Crippen LogP contribution in [0.4, 0.5) is 0 Å². The van der Waals surface area contributed by atoms with Crippen molar-refractivity contribution >= 4 is 5.97 Å². The van der Waals surface area contributed by atoms with Crippen molar-refractivity contribution < 1.29 is 23.7 Å². The maximum absolute atomic E-state index is 12.7. The van der Waals surface area contributed by atoms with Gasteiger partial charge in [0.1, 0.15) is 5.60 Å². The molecule has 1 atom stereocenters. The van der Waals surface area contributed by atoms with Crippen LogP contribution >= 0.6 is 0 Å². The number of benzene rings is 1. The van der Waals surface area contributed by atoms with Crippen LogP contribution in [-0.4, -0.2) is 42.8 Å². The average molecular weight is 346 g/mol. The van der Waals surface area contributed by atoms with Gasteiger partial charge in [-0.1, -0.05) is 30.3 Å². The second-order valence-corrected chi connectivity index (χ2v) is 7.24. The molecule has 0 radical (unpaired) electrons. The number of aryl methyl sites for hydroxylation is 1. The van der Waals surface area contributed by atoms with Crippen molar-refractivity contribution in [2.75, 3.05) is 19.8 Å². The number of hydrogen-bond donors (Lipinski definition) is 0. The highest BCUT2D eigenvalue weighted by molar-refractivity contribution is 5.85. The zero-order chi connectivity index (χ0) is 17.4. The van der Waals surface area contributed by atoms with Crippen LogP contribution in [0.15, 0.2) is 30.3 Å². The van der Waals surface area contributed by atoms with Gasteiger partial charge in [-0.15, -0.1) is 0 Å². The highest BCUT2D eigenvalue weighted by atomic mass is 16.7. The highest BCUT2D eigenvalue weighted by Gasteiger charge is 2.76. The predicted octanol–water partition coefficient (Wildman–Crippen LogP) is 3.01. The number of carbonyl (C=O) groups is 1. The predicted molar refractivity (Wildman–Crippen MR) is 91.0 cm³/mol. The van der Waals surface area contributed by atoms with E-state index in [4.69, 9.17) is 18.9 Å². The summed E-state index contributed by atoms with van der Waals surface area (Å²) in [5.74, 6) is -0.660. The second-order valence-electron chi connectivity index (χ2n) is 7.24. The summed E-state index contributed by atoms with van der Waals surface area (Å²) in [6.45, 7) is 3.53. The van der Waals surface area contributed by atoms with Gasteiger partial charge in [-0.25, -0.2) is 4.79 Å². The van der Waals surface area contributed by atoms with Crippen LogP contribution in [0.5, 0.6) is 0 Å². The second kappa shape index (κ2) is 6.38. The van der Waals surface area contributed by atoms with Crippen LogP contribution in [0.25, 0.3) is 0 Å².